The van der Waals surface area contributed by atoms with Crippen LogP contribution in [-0.4, -0.2) is 37.2 Å². The SMILES string of the molecule is COCC1(N(C)C(=N)N)CC1. The Balaban J connectivity index is 2.50. The first kappa shape index (κ1) is 8.33. The highest BCUT2D eigenvalue weighted by Gasteiger charge is 2.47. The Bertz CT molecular complexity index is 165. The molecule has 0 spiro atoms. The Morgan fingerprint density at radius 3 is 2.55 bits per heavy atom. The zero-order valence-corrected chi connectivity index (χ0v) is 7.05. The molecule has 11 heavy (non-hydrogen) atoms. The fourth-order valence-electron chi connectivity index (χ4n) is 1.25. The van der Waals surface area contributed by atoms with Crippen LogP contribution in [-0.2, 0) is 4.74 Å². The van der Waals surface area contributed by atoms with E-state index in [1.165, 1.54) is 0 Å². The lowest BCUT2D eigenvalue weighted by atomic mass is 10.2. The lowest BCUT2D eigenvalue weighted by Gasteiger charge is -2.27. The maximum Gasteiger partial charge on any atom is 0.188 e. The molecule has 4 nitrogen and oxygen atoms in total. The highest BCUT2D eigenvalue weighted by Crippen LogP contribution is 2.40. The van der Waals surface area contributed by atoms with Gasteiger partial charge in [0.1, 0.15) is 0 Å². The van der Waals surface area contributed by atoms with Crippen molar-refractivity contribution in [2.24, 2.45) is 5.73 Å². The molecule has 0 heterocycles. The summed E-state index contributed by atoms with van der Waals surface area (Å²) in [4.78, 5) is 1.79. The maximum atomic E-state index is 7.22. The van der Waals surface area contributed by atoms with Gasteiger partial charge in [-0.25, -0.2) is 0 Å². The minimum atomic E-state index is 0.0422. The van der Waals surface area contributed by atoms with Gasteiger partial charge in [-0.05, 0) is 12.8 Å². The van der Waals surface area contributed by atoms with Crippen LogP contribution in [0.4, 0.5) is 0 Å². The summed E-state index contributed by atoms with van der Waals surface area (Å²) < 4.78 is 5.05. The number of guanidine groups is 1. The monoisotopic (exact) mass is 157 g/mol. The van der Waals surface area contributed by atoms with Crippen molar-refractivity contribution in [1.29, 1.82) is 5.41 Å². The van der Waals surface area contributed by atoms with E-state index in [0.29, 0.717) is 6.61 Å². The van der Waals surface area contributed by atoms with Crippen molar-refractivity contribution in [2.75, 3.05) is 20.8 Å². The lowest BCUT2D eigenvalue weighted by molar-refractivity contribution is 0.124. The van der Waals surface area contributed by atoms with Gasteiger partial charge in [0.15, 0.2) is 5.96 Å². The molecule has 0 atom stereocenters. The minimum absolute atomic E-state index is 0.0422. The van der Waals surface area contributed by atoms with Gasteiger partial charge in [0.2, 0.25) is 0 Å². The first-order chi connectivity index (χ1) is 5.12. The van der Waals surface area contributed by atoms with Crippen molar-refractivity contribution < 1.29 is 4.74 Å². The van der Waals surface area contributed by atoms with E-state index in [1.54, 1.807) is 12.0 Å². The number of rotatable bonds is 3. The van der Waals surface area contributed by atoms with Crippen LogP contribution in [0.1, 0.15) is 12.8 Å². The van der Waals surface area contributed by atoms with Gasteiger partial charge < -0.3 is 15.4 Å². The molecule has 0 aliphatic heterocycles. The first-order valence-electron chi connectivity index (χ1n) is 3.69. The summed E-state index contributed by atoms with van der Waals surface area (Å²) in [6.07, 6.45) is 2.16. The Hall–Kier alpha value is -0.770. The van der Waals surface area contributed by atoms with Gasteiger partial charge in [-0.1, -0.05) is 0 Å². The number of nitrogens with zero attached hydrogens (tertiary/aromatic N) is 1. The highest BCUT2D eigenvalue weighted by molar-refractivity contribution is 5.75. The number of ether oxygens (including phenoxy) is 1. The normalized spacial score (nSPS) is 19.5. The Labute approximate surface area is 66.8 Å². The van der Waals surface area contributed by atoms with Crippen LogP contribution in [0.2, 0.25) is 0 Å². The molecule has 3 N–H and O–H groups in total. The second-order valence-electron chi connectivity index (χ2n) is 3.10. The average Bonchev–Trinajstić information content (AvgIpc) is 2.69. The third-order valence-electron chi connectivity index (χ3n) is 2.31. The summed E-state index contributed by atoms with van der Waals surface area (Å²) in [5.41, 5.74) is 5.39. The smallest absolute Gasteiger partial charge is 0.188 e. The quantitative estimate of drug-likeness (QED) is 0.447. The van der Waals surface area contributed by atoms with E-state index in [1.807, 2.05) is 7.05 Å². The molecule has 1 saturated carbocycles. The van der Waals surface area contributed by atoms with Crippen molar-refractivity contribution in [1.82, 2.24) is 4.90 Å². The van der Waals surface area contributed by atoms with Crippen LogP contribution in [0, 0.1) is 5.41 Å². The average molecular weight is 157 g/mol. The zero-order valence-electron chi connectivity index (χ0n) is 7.05. The molecule has 1 aliphatic carbocycles. The lowest BCUT2D eigenvalue weighted by Crippen LogP contribution is -2.45. The molecule has 1 aliphatic rings. The molecule has 0 aromatic rings. The molecule has 4 heteroatoms. The van der Waals surface area contributed by atoms with Crippen molar-refractivity contribution >= 4 is 5.96 Å². The molecule has 1 fully saturated rings. The second kappa shape index (κ2) is 2.70. The molecule has 0 amide bonds. The standard InChI is InChI=1S/C7H15N3O/c1-10(6(8)9)7(3-4-7)5-11-2/h3-5H2,1-2H3,(H3,8,9). The van der Waals surface area contributed by atoms with Gasteiger partial charge in [-0.2, -0.15) is 0 Å². The number of nitrogens with one attached hydrogen (secondary N) is 1. The van der Waals surface area contributed by atoms with E-state index in [4.69, 9.17) is 15.9 Å². The van der Waals surface area contributed by atoms with Crippen molar-refractivity contribution in [2.45, 2.75) is 18.4 Å². The van der Waals surface area contributed by atoms with Crippen LogP contribution in [0.3, 0.4) is 0 Å². The molecule has 0 aromatic heterocycles. The molecule has 1 rings (SSSR count). The summed E-state index contributed by atoms with van der Waals surface area (Å²) in [5.74, 6) is 0.125. The van der Waals surface area contributed by atoms with Crippen molar-refractivity contribution in [3.05, 3.63) is 0 Å². The minimum Gasteiger partial charge on any atom is -0.382 e. The van der Waals surface area contributed by atoms with Gasteiger partial charge in [0, 0.05) is 14.2 Å². The number of likely N-dealkylation sites (N-methyl/N-ethyl adjacent to an activating group) is 1. The first-order valence-corrected chi connectivity index (χ1v) is 3.69. The van der Waals surface area contributed by atoms with E-state index >= 15 is 0 Å². The Kier molecular flexibility index (Phi) is 2.04. The van der Waals surface area contributed by atoms with Crippen LogP contribution < -0.4 is 5.73 Å². The van der Waals surface area contributed by atoms with Gasteiger partial charge in [0.05, 0.1) is 12.1 Å². The molecule has 0 unspecified atom stereocenters. The van der Waals surface area contributed by atoms with E-state index < -0.39 is 0 Å². The van der Waals surface area contributed by atoms with Gasteiger partial charge in [-0.3, -0.25) is 5.41 Å². The fourth-order valence-corrected chi connectivity index (χ4v) is 1.25. The highest BCUT2D eigenvalue weighted by atomic mass is 16.5. The predicted molar refractivity (Wildman–Crippen MR) is 43.5 cm³/mol. The second-order valence-corrected chi connectivity index (χ2v) is 3.10. The molecule has 0 radical (unpaired) electrons. The van der Waals surface area contributed by atoms with Gasteiger partial charge in [0.25, 0.3) is 0 Å². The summed E-state index contributed by atoms with van der Waals surface area (Å²) in [6.45, 7) is 0.670. The molecule has 0 bridgehead atoms. The molecule has 0 saturated heterocycles. The fraction of sp³-hybridized carbons (Fsp3) is 0.857. The zero-order chi connectivity index (χ0) is 8.48. The maximum absolute atomic E-state index is 7.22. The molecular formula is C7H15N3O. The summed E-state index contributed by atoms with van der Waals surface area (Å²) in [5, 5.41) is 7.22. The van der Waals surface area contributed by atoms with Crippen molar-refractivity contribution in [3.8, 4) is 0 Å². The third-order valence-corrected chi connectivity index (χ3v) is 2.31. The molecule has 0 aromatic carbocycles. The van der Waals surface area contributed by atoms with E-state index in [-0.39, 0.29) is 11.5 Å². The van der Waals surface area contributed by atoms with Crippen molar-refractivity contribution in [3.63, 3.8) is 0 Å². The number of methoxy groups -OCH3 is 1. The summed E-state index contributed by atoms with van der Waals surface area (Å²) in [6, 6.07) is 0. The number of hydrogen-bond acceptors (Lipinski definition) is 2. The van der Waals surface area contributed by atoms with E-state index in [9.17, 15) is 0 Å². The van der Waals surface area contributed by atoms with E-state index in [0.717, 1.165) is 12.8 Å². The van der Waals surface area contributed by atoms with Gasteiger partial charge in [-0.15, -0.1) is 0 Å². The van der Waals surface area contributed by atoms with Gasteiger partial charge >= 0.3 is 0 Å². The van der Waals surface area contributed by atoms with Crippen LogP contribution in [0.25, 0.3) is 0 Å². The Morgan fingerprint density at radius 1 is 1.73 bits per heavy atom. The van der Waals surface area contributed by atoms with Crippen LogP contribution >= 0.6 is 0 Å². The van der Waals surface area contributed by atoms with Crippen LogP contribution in [0.5, 0.6) is 0 Å². The molecular weight excluding hydrogens is 142 g/mol. The summed E-state index contributed by atoms with van der Waals surface area (Å²) >= 11 is 0. The number of nitrogens with two attached hydrogens (primary N) is 1. The van der Waals surface area contributed by atoms with Crippen LogP contribution in [0.15, 0.2) is 0 Å². The third kappa shape index (κ3) is 1.45. The summed E-state index contributed by atoms with van der Waals surface area (Å²) in [7, 11) is 3.52. The largest absolute Gasteiger partial charge is 0.382 e. The van der Waals surface area contributed by atoms with E-state index in [2.05, 4.69) is 0 Å². The Morgan fingerprint density at radius 2 is 2.27 bits per heavy atom. The topological polar surface area (TPSA) is 62.3 Å². The predicted octanol–water partition coefficient (Wildman–Crippen LogP) is -0.00933. The number of hydrogen-bond donors (Lipinski definition) is 2. The molecule has 64 valence electrons.